The Morgan fingerprint density at radius 3 is 1.38 bits per heavy atom. The SMILES string of the molecule is Cl.c1ccc([P]([Pd][C]23[CH]4[CH]5[CH]6[CH]2[Fe]56432789[CH]3[CH]2[CH]7[CH]8[CH]39)c2ccccc2)cc1. The zero-order chi connectivity index (χ0) is 15.5. The van der Waals surface area contributed by atoms with Crippen LogP contribution in [0.4, 0.5) is 0 Å². The van der Waals surface area contributed by atoms with Crippen LogP contribution in [0.25, 0.3) is 0 Å². The quantitative estimate of drug-likeness (QED) is 0.335. The summed E-state index contributed by atoms with van der Waals surface area (Å²) in [6.45, 7) is -2.91. The van der Waals surface area contributed by atoms with Crippen LogP contribution in [0.1, 0.15) is 0 Å². The summed E-state index contributed by atoms with van der Waals surface area (Å²) in [6, 6.07) is 23.4. The predicted molar refractivity (Wildman–Crippen MR) is 103 cm³/mol. The molecule has 4 unspecified atom stereocenters. The molecule has 10 saturated heterocycles. The van der Waals surface area contributed by atoms with Gasteiger partial charge in [-0.05, 0) is 0 Å². The average molecular weight is 513 g/mol. The van der Waals surface area contributed by atoms with Gasteiger partial charge in [-0.25, -0.2) is 0 Å². The van der Waals surface area contributed by atoms with Gasteiger partial charge >= 0.3 is 148 Å². The molecule has 0 aliphatic carbocycles. The zero-order valence-corrected chi connectivity index (χ0v) is 18.4. The fourth-order valence-corrected chi connectivity index (χ4v) is 121. The predicted octanol–water partition coefficient (Wildman–Crippen LogP) is 6.26. The standard InChI is InChI=1S/C12H10P.C5H5.C5H4.ClH.Fe.Pd/c1-3-7-11(8-4-1)13-12-9-5-2-6-10-12;2*1-2-4-5-3-1;;;/h1-10H;1-5H;1-4H;1H;;/q-1;;;;;+1. The second-order valence-electron chi connectivity index (χ2n) is 12.5. The number of rotatable bonds is 4. The zero-order valence-electron chi connectivity index (χ0n) is 14.0. The molecule has 26 heavy (non-hydrogen) atoms. The average Bonchev–Trinajstić information content (AvgIpc) is 3.61. The van der Waals surface area contributed by atoms with Gasteiger partial charge in [0.1, 0.15) is 0 Å². The van der Waals surface area contributed by atoms with Crippen molar-refractivity contribution in [2.75, 3.05) is 0 Å². The molecule has 0 N–H and O–H groups in total. The molecule has 0 bridgehead atoms. The van der Waals surface area contributed by atoms with Crippen molar-refractivity contribution in [2.45, 2.75) is 46.1 Å². The van der Waals surface area contributed by atoms with E-state index in [1.54, 1.807) is 10.6 Å². The van der Waals surface area contributed by atoms with E-state index >= 15 is 0 Å². The molecule has 4 heteroatoms. The summed E-state index contributed by atoms with van der Waals surface area (Å²) in [7, 11) is 0. The van der Waals surface area contributed by atoms with Crippen LogP contribution in [-0.2, 0) is 24.0 Å². The van der Waals surface area contributed by atoms with Gasteiger partial charge in [-0.15, -0.1) is 12.4 Å². The Kier molecular flexibility index (Phi) is 0.765. The first-order valence-electron chi connectivity index (χ1n) is 9.83. The molecule has 10 fully saturated rings. The summed E-state index contributed by atoms with van der Waals surface area (Å²) >= 11 is 1.05. The second kappa shape index (κ2) is 1.55. The monoisotopic (exact) mass is 512 g/mol. The van der Waals surface area contributed by atoms with E-state index < -0.39 is 6.51 Å². The summed E-state index contributed by atoms with van der Waals surface area (Å²) in [5.74, 6) is 0. The number of benzene rings is 2. The number of halogens is 1. The van der Waals surface area contributed by atoms with E-state index in [0.29, 0.717) is 0 Å². The molecule has 138 valence electrons. The van der Waals surface area contributed by atoms with Gasteiger partial charge in [0.2, 0.25) is 0 Å². The van der Waals surface area contributed by atoms with Crippen LogP contribution in [0.5, 0.6) is 0 Å². The molecular weight excluding hydrogens is 493 g/mol. The number of fused-ring (bicyclic) bond motifs is 10. The molecule has 1 spiro atoms. The van der Waals surface area contributed by atoms with Crippen molar-refractivity contribution in [3.63, 3.8) is 0 Å². The van der Waals surface area contributed by atoms with Crippen molar-refractivity contribution in [2.24, 2.45) is 0 Å². The van der Waals surface area contributed by atoms with Gasteiger partial charge in [-0.1, -0.05) is 0 Å². The third kappa shape index (κ3) is 0.226. The Balaban J connectivity index is 0.00000108. The summed E-state index contributed by atoms with van der Waals surface area (Å²) in [5, 5.41) is 3.38. The van der Waals surface area contributed by atoms with Crippen molar-refractivity contribution in [3.8, 4) is 0 Å². The van der Waals surface area contributed by atoms with Crippen LogP contribution in [0.15, 0.2) is 60.7 Å². The van der Waals surface area contributed by atoms with E-state index in [2.05, 4.69) is 60.7 Å². The minimum atomic E-state index is -2.91. The van der Waals surface area contributed by atoms with E-state index in [4.69, 9.17) is 0 Å². The van der Waals surface area contributed by atoms with Gasteiger partial charge in [0, 0.05) is 0 Å². The molecule has 2 aromatic carbocycles. The summed E-state index contributed by atoms with van der Waals surface area (Å²) in [5.41, 5.74) is 0. The van der Waals surface area contributed by atoms with Crippen molar-refractivity contribution in [1.29, 1.82) is 0 Å². The third-order valence-corrected chi connectivity index (χ3v) is 73.8. The van der Waals surface area contributed by atoms with Gasteiger partial charge in [-0.2, -0.15) is 0 Å². The van der Waals surface area contributed by atoms with E-state index in [-0.39, 0.29) is 18.5 Å². The van der Waals surface area contributed by atoms with Crippen molar-refractivity contribution in [3.05, 3.63) is 60.7 Å². The van der Waals surface area contributed by atoms with Crippen LogP contribution in [-0.4, -0.2) is 0 Å². The minimum absolute atomic E-state index is 0. The van der Waals surface area contributed by atoms with Gasteiger partial charge in [0.05, 0.1) is 0 Å². The number of hydrogen-bond donors (Lipinski definition) is 0. The summed E-state index contributed by atoms with van der Waals surface area (Å²) < 4.78 is 1.10. The molecular formula is C22H20ClFePPd. The van der Waals surface area contributed by atoms with E-state index in [1.165, 1.54) is 43.3 Å². The Bertz CT molecular complexity index is 1340. The van der Waals surface area contributed by atoms with Gasteiger partial charge < -0.3 is 0 Å². The molecule has 0 radical (unpaired) electrons. The first-order valence-corrected chi connectivity index (χ1v) is 20.2. The molecule has 10 aliphatic heterocycles. The molecule has 0 nitrogen and oxygen atoms in total. The first-order chi connectivity index (χ1) is 12.1. The topological polar surface area (TPSA) is 0 Å². The first kappa shape index (κ1) is 12.8. The molecule has 10 aliphatic rings. The molecule has 12 rings (SSSR count). The van der Waals surface area contributed by atoms with Gasteiger partial charge in [0.25, 0.3) is 0 Å². The third-order valence-electron chi connectivity index (χ3n) is 16.5. The summed E-state index contributed by atoms with van der Waals surface area (Å²) in [4.78, 5) is 13.3. The van der Waals surface area contributed by atoms with Gasteiger partial charge in [0.15, 0.2) is 0 Å². The van der Waals surface area contributed by atoms with Crippen molar-refractivity contribution >= 4 is 29.1 Å². The number of hydrogen-bond acceptors (Lipinski definition) is 0. The fraction of sp³-hybridized carbons (Fsp3) is 0.455. The second-order valence-corrected chi connectivity index (χ2v) is 42.8. The van der Waals surface area contributed by atoms with E-state index in [0.717, 1.165) is 20.3 Å². The maximum absolute atomic E-state index is 2.91. The Morgan fingerprint density at radius 1 is 0.654 bits per heavy atom. The van der Waals surface area contributed by atoms with Crippen LogP contribution in [0.3, 0.4) is 0 Å². The molecule has 0 aromatic heterocycles. The summed E-state index contributed by atoms with van der Waals surface area (Å²) in [6.07, 6.45) is -0.0719. The molecule has 4 atom stereocenters. The van der Waals surface area contributed by atoms with Crippen LogP contribution in [0, 0.1) is 0 Å². The van der Waals surface area contributed by atoms with Crippen molar-refractivity contribution < 1.29 is 24.0 Å². The van der Waals surface area contributed by atoms with Crippen LogP contribution < -0.4 is 10.6 Å². The van der Waals surface area contributed by atoms with E-state index in [9.17, 15) is 0 Å². The fourth-order valence-electron chi connectivity index (χ4n) is 17.4. The van der Waals surface area contributed by atoms with Gasteiger partial charge in [-0.3, -0.25) is 0 Å². The Labute approximate surface area is 159 Å². The molecule has 0 saturated carbocycles. The van der Waals surface area contributed by atoms with Crippen LogP contribution >= 0.6 is 18.5 Å². The Morgan fingerprint density at radius 2 is 1.08 bits per heavy atom. The normalized spacial score (nSPS) is 81.7. The van der Waals surface area contributed by atoms with E-state index in [1.807, 2.05) is 0 Å². The maximum atomic E-state index is 2.46. The molecule has 10 heterocycles. The van der Waals surface area contributed by atoms with Crippen LogP contribution in [0.2, 0.25) is 46.1 Å². The Hall–Kier alpha value is 0.342. The van der Waals surface area contributed by atoms with Crippen molar-refractivity contribution in [1.82, 2.24) is 0 Å². The molecule has 2 aromatic rings. The molecule has 0 amide bonds.